The second-order valence-corrected chi connectivity index (χ2v) is 14.7. The Morgan fingerprint density at radius 3 is 1.20 bits per heavy atom. The maximum atomic E-state index is 12.9. The maximum absolute atomic E-state index is 12.9. The number of carbonyl (C=O) groups excluding carboxylic acids is 3. The van der Waals surface area contributed by atoms with Crippen LogP contribution in [0.5, 0.6) is 0 Å². The highest BCUT2D eigenvalue weighted by Gasteiger charge is 2.25. The molecule has 1 aliphatic rings. The van der Waals surface area contributed by atoms with E-state index in [9.17, 15) is 14.4 Å². The van der Waals surface area contributed by atoms with Gasteiger partial charge >= 0.3 is 17.9 Å². The second kappa shape index (κ2) is 17.6. The zero-order chi connectivity index (χ0) is 34.5. The van der Waals surface area contributed by atoms with Crippen LogP contribution < -0.4 is 0 Å². The lowest BCUT2D eigenvalue weighted by atomic mass is 10.2. The fraction of sp³-hybridized carbons (Fsp3) is 0.727. The standard InChI is InChI=1S/C33H55N7O6/c1-31(2,3)44-28(41)23-38-16-14-37(22-26-10-12-27(13-11-26)35-36-34)15-17-39(24-29(42)45-32(4,5)6)19-21-40(20-18-38)25-30(43)46-33(7,8)9/h10-13H,14-25H2,1-9H3. The van der Waals surface area contributed by atoms with Gasteiger partial charge in [0.2, 0.25) is 0 Å². The van der Waals surface area contributed by atoms with Crippen molar-refractivity contribution in [2.24, 2.45) is 5.11 Å². The summed E-state index contributed by atoms with van der Waals surface area (Å²) in [6, 6.07) is 7.44. The van der Waals surface area contributed by atoms with Crippen LogP contribution in [0.25, 0.3) is 10.4 Å². The molecule has 0 radical (unpaired) electrons. The molecular weight excluding hydrogens is 590 g/mol. The molecule has 1 aromatic rings. The summed E-state index contributed by atoms with van der Waals surface area (Å²) in [6.07, 6.45) is 0. The van der Waals surface area contributed by atoms with E-state index in [-0.39, 0.29) is 37.5 Å². The van der Waals surface area contributed by atoms with Crippen LogP contribution in [0.3, 0.4) is 0 Å². The van der Waals surface area contributed by atoms with Crippen molar-refractivity contribution in [2.45, 2.75) is 85.7 Å². The summed E-state index contributed by atoms with van der Waals surface area (Å²) in [5.74, 6) is -0.932. The normalized spacial score (nSPS) is 17.2. The molecule has 1 aliphatic heterocycles. The van der Waals surface area contributed by atoms with Gasteiger partial charge in [-0.3, -0.25) is 34.0 Å². The van der Waals surface area contributed by atoms with Crippen molar-refractivity contribution in [1.29, 1.82) is 0 Å². The van der Waals surface area contributed by atoms with Crippen molar-refractivity contribution < 1.29 is 28.6 Å². The number of azide groups is 1. The van der Waals surface area contributed by atoms with E-state index in [1.165, 1.54) is 0 Å². The first-order valence-corrected chi connectivity index (χ1v) is 16.0. The average molecular weight is 646 g/mol. The van der Waals surface area contributed by atoms with Gasteiger partial charge in [0.1, 0.15) is 16.8 Å². The lowest BCUT2D eigenvalue weighted by Crippen LogP contribution is -2.49. The Morgan fingerprint density at radius 1 is 0.609 bits per heavy atom. The molecule has 0 atom stereocenters. The monoisotopic (exact) mass is 645 g/mol. The minimum absolute atomic E-state index is 0.0930. The molecule has 1 aromatic carbocycles. The number of esters is 3. The van der Waals surface area contributed by atoms with Crippen molar-refractivity contribution in [3.8, 4) is 0 Å². The summed E-state index contributed by atoms with van der Waals surface area (Å²) in [7, 11) is 0. The molecule has 0 amide bonds. The molecule has 13 heteroatoms. The number of hydrogen-bond acceptors (Lipinski definition) is 11. The predicted octanol–water partition coefficient (Wildman–Crippen LogP) is 4.38. The average Bonchev–Trinajstić information content (AvgIpc) is 2.88. The fourth-order valence-corrected chi connectivity index (χ4v) is 4.86. The van der Waals surface area contributed by atoms with E-state index < -0.39 is 16.8 Å². The largest absolute Gasteiger partial charge is 0.459 e. The summed E-state index contributed by atoms with van der Waals surface area (Å²) in [6.45, 7) is 22.1. The molecule has 0 aliphatic carbocycles. The molecule has 13 nitrogen and oxygen atoms in total. The minimum Gasteiger partial charge on any atom is -0.459 e. The first kappa shape index (κ1) is 39.0. The van der Waals surface area contributed by atoms with Gasteiger partial charge in [-0.2, -0.15) is 0 Å². The Labute approximate surface area is 274 Å². The van der Waals surface area contributed by atoms with Gasteiger partial charge in [-0.25, -0.2) is 0 Å². The first-order valence-electron chi connectivity index (χ1n) is 16.0. The Morgan fingerprint density at radius 2 is 0.913 bits per heavy atom. The zero-order valence-corrected chi connectivity index (χ0v) is 29.4. The van der Waals surface area contributed by atoms with Crippen LogP contribution in [0.4, 0.5) is 5.69 Å². The zero-order valence-electron chi connectivity index (χ0n) is 29.4. The summed E-state index contributed by atoms with van der Waals surface area (Å²) in [5, 5.41) is 3.66. The number of ether oxygens (including phenoxy) is 3. The number of carbonyl (C=O) groups is 3. The smallest absolute Gasteiger partial charge is 0.320 e. The van der Waals surface area contributed by atoms with E-state index >= 15 is 0 Å². The van der Waals surface area contributed by atoms with Crippen molar-refractivity contribution in [3.63, 3.8) is 0 Å². The Kier molecular flexibility index (Phi) is 14.9. The lowest BCUT2D eigenvalue weighted by molar-refractivity contribution is -0.158. The molecule has 1 heterocycles. The first-order chi connectivity index (χ1) is 21.3. The summed E-state index contributed by atoms with van der Waals surface area (Å²) < 4.78 is 16.9. The van der Waals surface area contributed by atoms with Crippen molar-refractivity contribution in [1.82, 2.24) is 19.6 Å². The quantitative estimate of drug-likeness (QED) is 0.125. The Bertz CT molecular complexity index is 1130. The van der Waals surface area contributed by atoms with E-state index in [2.05, 4.69) is 24.7 Å². The highest BCUT2D eigenvalue weighted by molar-refractivity contribution is 5.73. The van der Waals surface area contributed by atoms with E-state index in [0.29, 0.717) is 64.6 Å². The molecule has 2 rings (SSSR count). The van der Waals surface area contributed by atoms with Crippen LogP contribution in [0.1, 0.15) is 67.9 Å². The molecule has 258 valence electrons. The molecule has 0 N–H and O–H groups in total. The minimum atomic E-state index is -0.609. The van der Waals surface area contributed by atoms with Gasteiger partial charge in [0.05, 0.1) is 19.6 Å². The fourth-order valence-electron chi connectivity index (χ4n) is 4.86. The molecule has 0 bridgehead atoms. The molecule has 0 saturated carbocycles. The van der Waals surface area contributed by atoms with Gasteiger partial charge in [-0.15, -0.1) is 0 Å². The van der Waals surface area contributed by atoms with E-state index in [1.54, 1.807) is 12.1 Å². The van der Waals surface area contributed by atoms with Crippen molar-refractivity contribution in [3.05, 3.63) is 40.3 Å². The predicted molar refractivity (Wildman–Crippen MR) is 177 cm³/mol. The topological polar surface area (TPSA) is 141 Å². The van der Waals surface area contributed by atoms with Gasteiger partial charge in [0, 0.05) is 69.5 Å². The highest BCUT2D eigenvalue weighted by Crippen LogP contribution is 2.16. The number of hydrogen-bond donors (Lipinski definition) is 0. The Hall–Kier alpha value is -3.22. The molecule has 1 fully saturated rings. The molecular formula is C33H55N7O6. The molecule has 0 unspecified atom stereocenters. The molecule has 0 spiro atoms. The van der Waals surface area contributed by atoms with Crippen LogP contribution in [-0.4, -0.2) is 126 Å². The van der Waals surface area contributed by atoms with Gasteiger partial charge in [0.25, 0.3) is 0 Å². The number of benzene rings is 1. The van der Waals surface area contributed by atoms with Crippen LogP contribution in [0.15, 0.2) is 29.4 Å². The van der Waals surface area contributed by atoms with Crippen LogP contribution in [-0.2, 0) is 35.1 Å². The highest BCUT2D eigenvalue weighted by atomic mass is 16.6. The molecule has 1 saturated heterocycles. The van der Waals surface area contributed by atoms with Crippen LogP contribution >= 0.6 is 0 Å². The molecule has 46 heavy (non-hydrogen) atoms. The van der Waals surface area contributed by atoms with Gasteiger partial charge in [0.15, 0.2) is 0 Å². The third-order valence-electron chi connectivity index (χ3n) is 6.75. The van der Waals surface area contributed by atoms with Crippen LogP contribution in [0, 0.1) is 0 Å². The summed E-state index contributed by atoms with van der Waals surface area (Å²) in [5.41, 5.74) is 8.54. The summed E-state index contributed by atoms with van der Waals surface area (Å²) in [4.78, 5) is 49.9. The second-order valence-electron chi connectivity index (χ2n) is 14.7. The SMILES string of the molecule is CC(C)(C)OC(=O)CN1CCN(CC(=O)OC(C)(C)C)CCN(Cc2ccc(N=[N+]=[N-])cc2)CCN(CC(=O)OC(C)(C)C)CC1. The summed E-state index contributed by atoms with van der Waals surface area (Å²) >= 11 is 0. The van der Waals surface area contributed by atoms with E-state index in [4.69, 9.17) is 19.7 Å². The van der Waals surface area contributed by atoms with Gasteiger partial charge in [-0.1, -0.05) is 29.4 Å². The van der Waals surface area contributed by atoms with Crippen molar-refractivity contribution >= 4 is 23.6 Å². The molecule has 0 aromatic heterocycles. The third kappa shape index (κ3) is 17.5. The maximum Gasteiger partial charge on any atom is 0.320 e. The van der Waals surface area contributed by atoms with Crippen molar-refractivity contribution in [2.75, 3.05) is 72.0 Å². The van der Waals surface area contributed by atoms with E-state index in [1.807, 2.05) is 79.3 Å². The number of rotatable bonds is 9. The third-order valence-corrected chi connectivity index (χ3v) is 6.75. The van der Waals surface area contributed by atoms with Gasteiger partial charge in [-0.05, 0) is 73.4 Å². The van der Waals surface area contributed by atoms with Gasteiger partial charge < -0.3 is 14.2 Å². The lowest BCUT2D eigenvalue weighted by Gasteiger charge is -2.34. The Balaban J connectivity index is 2.31. The van der Waals surface area contributed by atoms with E-state index in [0.717, 1.165) is 5.56 Å². The number of nitrogens with zero attached hydrogens (tertiary/aromatic N) is 7. The van der Waals surface area contributed by atoms with Crippen LogP contribution in [0.2, 0.25) is 0 Å².